The molecule has 0 N–H and O–H groups in total. The lowest BCUT2D eigenvalue weighted by molar-refractivity contribution is 0.108. The van der Waals surface area contributed by atoms with Crippen LogP contribution in [0.3, 0.4) is 0 Å². The molecule has 2 aromatic carbocycles. The molecule has 2 aromatic rings. The fraction of sp³-hybridized carbons (Fsp3) is 0.552. The van der Waals surface area contributed by atoms with Gasteiger partial charge in [0.2, 0.25) is 5.12 Å². The summed E-state index contributed by atoms with van der Waals surface area (Å²) in [6.07, 6.45) is 13.8. The monoisotopic (exact) mass is 472 g/mol. The Morgan fingerprint density at radius 3 is 2.06 bits per heavy atom. The van der Waals surface area contributed by atoms with Crippen LogP contribution in [0.4, 0.5) is 8.78 Å². The Kier molecular flexibility index (Phi) is 10.9. The van der Waals surface area contributed by atoms with Crippen molar-refractivity contribution in [2.75, 3.05) is 0 Å². The molecule has 1 aliphatic rings. The van der Waals surface area contributed by atoms with E-state index in [1.165, 1.54) is 107 Å². The van der Waals surface area contributed by atoms with Crippen LogP contribution in [0.1, 0.15) is 118 Å². The van der Waals surface area contributed by atoms with E-state index in [1.807, 2.05) is 12.1 Å². The third-order valence-electron chi connectivity index (χ3n) is 7.02. The van der Waals surface area contributed by atoms with Gasteiger partial charge in [-0.3, -0.25) is 4.79 Å². The van der Waals surface area contributed by atoms with Crippen LogP contribution >= 0.6 is 11.8 Å². The van der Waals surface area contributed by atoms with Crippen molar-refractivity contribution in [1.29, 1.82) is 0 Å². The number of alkyl halides is 2. The van der Waals surface area contributed by atoms with E-state index >= 15 is 0 Å². The number of carbonyl (C=O) groups excluding carboxylic acids is 1. The van der Waals surface area contributed by atoms with Gasteiger partial charge in [-0.1, -0.05) is 94.7 Å². The molecule has 0 aromatic heterocycles. The summed E-state index contributed by atoms with van der Waals surface area (Å²) >= 11 is 1.16. The summed E-state index contributed by atoms with van der Waals surface area (Å²) in [5, 5.41) is -0.116. The lowest BCUT2D eigenvalue weighted by atomic mass is 9.77. The number of benzene rings is 2. The molecule has 1 aliphatic carbocycles. The van der Waals surface area contributed by atoms with Crippen LogP contribution in [0.5, 0.6) is 0 Å². The van der Waals surface area contributed by atoms with Crippen molar-refractivity contribution in [2.24, 2.45) is 5.92 Å². The molecular weight excluding hydrogens is 434 g/mol. The van der Waals surface area contributed by atoms with Crippen LogP contribution in [-0.4, -0.2) is 5.12 Å². The van der Waals surface area contributed by atoms with Crippen molar-refractivity contribution >= 4 is 16.9 Å². The van der Waals surface area contributed by atoms with Crippen molar-refractivity contribution in [3.05, 3.63) is 65.2 Å². The van der Waals surface area contributed by atoms with Gasteiger partial charge < -0.3 is 0 Å². The third-order valence-corrected chi connectivity index (χ3v) is 7.95. The Labute approximate surface area is 202 Å². The molecule has 0 aliphatic heterocycles. The van der Waals surface area contributed by atoms with Gasteiger partial charge in [0.1, 0.15) is 0 Å². The fourth-order valence-corrected chi connectivity index (χ4v) is 5.65. The maximum Gasteiger partial charge on any atom is 0.263 e. The number of unbranched alkanes of at least 4 members (excludes halogenated alkanes) is 6. The molecule has 0 radical (unpaired) electrons. The third kappa shape index (κ3) is 8.55. The summed E-state index contributed by atoms with van der Waals surface area (Å²) in [4.78, 5) is 13.4. The van der Waals surface area contributed by atoms with Gasteiger partial charge in [0, 0.05) is 16.0 Å². The summed E-state index contributed by atoms with van der Waals surface area (Å²) in [5.74, 6) is 1.53. The van der Waals surface area contributed by atoms with E-state index in [2.05, 4.69) is 19.1 Å². The average molecular weight is 473 g/mol. The van der Waals surface area contributed by atoms with Gasteiger partial charge in [-0.15, -0.1) is 0 Å². The Morgan fingerprint density at radius 2 is 1.45 bits per heavy atom. The first-order valence-corrected chi connectivity index (χ1v) is 13.6. The standard InChI is InChI=1S/C29H38F2OS/c1-2-3-4-5-6-7-8-9-22-10-12-23(13-11-22)24-18-20-27(21-19-24)33-29(32)26-16-14-25(15-17-26)28(30)31/h14-23,28H,2-13H2,1H3. The van der Waals surface area contributed by atoms with E-state index in [4.69, 9.17) is 0 Å². The van der Waals surface area contributed by atoms with Crippen molar-refractivity contribution in [3.63, 3.8) is 0 Å². The maximum absolute atomic E-state index is 12.7. The van der Waals surface area contributed by atoms with Crippen LogP contribution in [0.2, 0.25) is 0 Å². The molecule has 180 valence electrons. The zero-order chi connectivity index (χ0) is 23.5. The number of hydrogen-bond acceptors (Lipinski definition) is 2. The van der Waals surface area contributed by atoms with Crippen molar-refractivity contribution in [3.8, 4) is 0 Å². The van der Waals surface area contributed by atoms with Crippen LogP contribution in [0.15, 0.2) is 53.4 Å². The highest BCUT2D eigenvalue weighted by Crippen LogP contribution is 2.38. The molecular formula is C29H38F2OS. The fourth-order valence-electron chi connectivity index (χ4n) is 4.91. The Bertz CT molecular complexity index is 824. The molecule has 1 nitrogen and oxygen atoms in total. The second kappa shape index (κ2) is 13.9. The van der Waals surface area contributed by atoms with Gasteiger partial charge in [0.15, 0.2) is 0 Å². The van der Waals surface area contributed by atoms with Crippen molar-refractivity contribution in [1.82, 2.24) is 0 Å². The molecule has 4 heteroatoms. The molecule has 0 atom stereocenters. The summed E-state index contributed by atoms with van der Waals surface area (Å²) in [7, 11) is 0. The van der Waals surface area contributed by atoms with Crippen molar-refractivity contribution < 1.29 is 13.6 Å². The lowest BCUT2D eigenvalue weighted by Crippen LogP contribution is -2.13. The Balaban J connectivity index is 1.38. The molecule has 0 unspecified atom stereocenters. The highest BCUT2D eigenvalue weighted by Gasteiger charge is 2.22. The molecule has 0 spiro atoms. The zero-order valence-electron chi connectivity index (χ0n) is 19.9. The van der Waals surface area contributed by atoms with E-state index in [0.717, 1.165) is 22.6 Å². The second-order valence-electron chi connectivity index (χ2n) is 9.51. The smallest absolute Gasteiger partial charge is 0.263 e. The van der Waals surface area contributed by atoms with E-state index in [-0.39, 0.29) is 10.7 Å². The van der Waals surface area contributed by atoms with E-state index in [9.17, 15) is 13.6 Å². The van der Waals surface area contributed by atoms with Crippen LogP contribution < -0.4 is 0 Å². The molecule has 0 saturated heterocycles. The molecule has 1 saturated carbocycles. The molecule has 0 heterocycles. The Morgan fingerprint density at radius 1 is 0.848 bits per heavy atom. The SMILES string of the molecule is CCCCCCCCCC1CCC(c2ccc(SC(=O)c3ccc(C(F)F)cc3)cc2)CC1. The normalized spacial score (nSPS) is 18.5. The van der Waals surface area contributed by atoms with Gasteiger partial charge in [-0.25, -0.2) is 8.78 Å². The number of halogens is 2. The van der Waals surface area contributed by atoms with Crippen molar-refractivity contribution in [2.45, 2.75) is 101 Å². The quantitative estimate of drug-likeness (QED) is 0.226. The minimum atomic E-state index is -2.51. The van der Waals surface area contributed by atoms with Gasteiger partial charge in [-0.05, 0) is 67.0 Å². The first kappa shape index (κ1) is 25.9. The predicted molar refractivity (Wildman–Crippen MR) is 135 cm³/mol. The minimum Gasteiger partial charge on any atom is -0.281 e. The Hall–Kier alpha value is -1.68. The van der Waals surface area contributed by atoms with E-state index < -0.39 is 6.43 Å². The van der Waals surface area contributed by atoms with Crippen LogP contribution in [0, 0.1) is 5.92 Å². The molecule has 1 fully saturated rings. The molecule has 33 heavy (non-hydrogen) atoms. The number of hydrogen-bond donors (Lipinski definition) is 0. The average Bonchev–Trinajstić information content (AvgIpc) is 2.84. The van der Waals surface area contributed by atoms with Gasteiger partial charge >= 0.3 is 0 Å². The van der Waals surface area contributed by atoms with E-state index in [1.54, 1.807) is 0 Å². The molecule has 0 bridgehead atoms. The summed E-state index contributed by atoms with van der Waals surface area (Å²) in [6.45, 7) is 2.27. The van der Waals surface area contributed by atoms with Gasteiger partial charge in [0.05, 0.1) is 0 Å². The zero-order valence-corrected chi connectivity index (χ0v) is 20.7. The minimum absolute atomic E-state index is 0.0574. The topological polar surface area (TPSA) is 17.1 Å². The molecule has 3 rings (SSSR count). The lowest BCUT2D eigenvalue weighted by Gasteiger charge is -2.29. The number of rotatable bonds is 12. The summed E-state index contributed by atoms with van der Waals surface area (Å²) in [6, 6.07) is 14.0. The largest absolute Gasteiger partial charge is 0.281 e. The highest BCUT2D eigenvalue weighted by molar-refractivity contribution is 8.14. The first-order chi connectivity index (χ1) is 16.1. The van der Waals surface area contributed by atoms with E-state index in [0.29, 0.717) is 11.5 Å². The van der Waals surface area contributed by atoms with Gasteiger partial charge in [0.25, 0.3) is 6.43 Å². The maximum atomic E-state index is 12.7. The second-order valence-corrected chi connectivity index (χ2v) is 10.6. The number of carbonyl (C=O) groups is 1. The van der Waals surface area contributed by atoms with Gasteiger partial charge in [-0.2, -0.15) is 0 Å². The highest BCUT2D eigenvalue weighted by atomic mass is 32.2. The summed E-state index contributed by atoms with van der Waals surface area (Å²) in [5.41, 5.74) is 1.77. The summed E-state index contributed by atoms with van der Waals surface area (Å²) < 4.78 is 25.4. The van der Waals surface area contributed by atoms with Crippen LogP contribution in [-0.2, 0) is 0 Å². The molecule has 0 amide bonds. The first-order valence-electron chi connectivity index (χ1n) is 12.8. The van der Waals surface area contributed by atoms with Crippen LogP contribution in [0.25, 0.3) is 0 Å². The predicted octanol–water partition coefficient (Wildman–Crippen LogP) is 9.97. The number of thioether (sulfide) groups is 1.